The molecule has 0 aliphatic carbocycles. The van der Waals surface area contributed by atoms with Gasteiger partial charge in [0.2, 0.25) is 0 Å². The van der Waals surface area contributed by atoms with Gasteiger partial charge in [0.1, 0.15) is 5.75 Å². The lowest BCUT2D eigenvalue weighted by atomic mass is 10.1. The minimum Gasteiger partial charge on any atom is -0.497 e. The number of H-pyrrole nitrogens is 1. The Labute approximate surface area is 120 Å². The standard InChI is InChI=1S/C15H14N4O2/c1-21-9-5-6-10(12(16)7-9)15(20)18-13-3-2-4-14-11(13)8-17-19-14/h2-8H,16H2,1H3,(H,17,19)(H,18,20). The molecule has 0 bridgehead atoms. The molecule has 0 radical (unpaired) electrons. The molecule has 6 nitrogen and oxygen atoms in total. The van der Waals surface area contributed by atoms with Crippen LogP contribution in [-0.2, 0) is 0 Å². The number of aromatic nitrogens is 2. The van der Waals surface area contributed by atoms with E-state index < -0.39 is 0 Å². The SMILES string of the molecule is COc1ccc(C(=O)Nc2cccc3[nH]ncc23)c(N)c1. The number of nitrogens with one attached hydrogen (secondary N) is 2. The number of benzene rings is 2. The first kappa shape index (κ1) is 13.0. The first-order valence-electron chi connectivity index (χ1n) is 6.36. The predicted octanol–water partition coefficient (Wildman–Crippen LogP) is 2.41. The van der Waals surface area contributed by atoms with E-state index in [4.69, 9.17) is 10.5 Å². The highest BCUT2D eigenvalue weighted by Crippen LogP contribution is 2.24. The van der Waals surface area contributed by atoms with E-state index in [1.165, 1.54) is 0 Å². The number of carbonyl (C=O) groups excluding carboxylic acids is 1. The number of aromatic amines is 1. The van der Waals surface area contributed by atoms with Crippen molar-refractivity contribution in [3.63, 3.8) is 0 Å². The maximum absolute atomic E-state index is 12.3. The van der Waals surface area contributed by atoms with Crippen LogP contribution in [0.1, 0.15) is 10.4 Å². The van der Waals surface area contributed by atoms with E-state index >= 15 is 0 Å². The van der Waals surface area contributed by atoms with Gasteiger partial charge in [0, 0.05) is 17.1 Å². The molecular weight excluding hydrogens is 268 g/mol. The Hall–Kier alpha value is -3.02. The van der Waals surface area contributed by atoms with E-state index in [0.29, 0.717) is 22.7 Å². The second-order valence-corrected chi connectivity index (χ2v) is 4.54. The van der Waals surface area contributed by atoms with Crippen molar-refractivity contribution in [2.75, 3.05) is 18.2 Å². The Morgan fingerprint density at radius 3 is 2.95 bits per heavy atom. The maximum atomic E-state index is 12.3. The molecule has 0 atom stereocenters. The molecule has 0 fully saturated rings. The minimum absolute atomic E-state index is 0.274. The summed E-state index contributed by atoms with van der Waals surface area (Å²) in [4.78, 5) is 12.3. The van der Waals surface area contributed by atoms with Crippen LogP contribution in [0.4, 0.5) is 11.4 Å². The zero-order chi connectivity index (χ0) is 14.8. The summed E-state index contributed by atoms with van der Waals surface area (Å²) in [5.41, 5.74) is 8.19. The summed E-state index contributed by atoms with van der Waals surface area (Å²) in [6, 6.07) is 10.5. The first-order valence-corrected chi connectivity index (χ1v) is 6.36. The monoisotopic (exact) mass is 282 g/mol. The van der Waals surface area contributed by atoms with E-state index in [9.17, 15) is 4.79 Å². The second kappa shape index (κ2) is 5.16. The van der Waals surface area contributed by atoms with Crippen LogP contribution in [0.15, 0.2) is 42.6 Å². The predicted molar refractivity (Wildman–Crippen MR) is 81.5 cm³/mol. The molecule has 3 aromatic rings. The molecule has 0 saturated heterocycles. The Balaban J connectivity index is 1.91. The molecule has 3 rings (SSSR count). The van der Waals surface area contributed by atoms with Crippen LogP contribution in [0.3, 0.4) is 0 Å². The summed E-state index contributed by atoms with van der Waals surface area (Å²) in [7, 11) is 1.55. The molecule has 0 spiro atoms. The summed E-state index contributed by atoms with van der Waals surface area (Å²) in [5.74, 6) is 0.338. The largest absolute Gasteiger partial charge is 0.497 e. The molecule has 1 aromatic heterocycles. The molecule has 0 unspecified atom stereocenters. The normalized spacial score (nSPS) is 10.5. The number of anilines is 2. The lowest BCUT2D eigenvalue weighted by molar-refractivity contribution is 0.102. The van der Waals surface area contributed by atoms with E-state index in [1.807, 2.05) is 18.2 Å². The van der Waals surface area contributed by atoms with Gasteiger partial charge in [-0.3, -0.25) is 9.89 Å². The van der Waals surface area contributed by atoms with Crippen LogP contribution in [-0.4, -0.2) is 23.2 Å². The van der Waals surface area contributed by atoms with Crippen LogP contribution >= 0.6 is 0 Å². The summed E-state index contributed by atoms with van der Waals surface area (Å²) < 4.78 is 5.07. The van der Waals surface area contributed by atoms with E-state index in [2.05, 4.69) is 15.5 Å². The van der Waals surface area contributed by atoms with Crippen LogP contribution < -0.4 is 15.8 Å². The summed E-state index contributed by atoms with van der Waals surface area (Å²) in [6.07, 6.45) is 1.67. The molecule has 0 saturated carbocycles. The Bertz CT molecular complexity index is 810. The molecule has 0 aliphatic heterocycles. The zero-order valence-corrected chi connectivity index (χ0v) is 11.4. The number of nitrogen functional groups attached to an aromatic ring is 1. The number of amides is 1. The fourth-order valence-corrected chi connectivity index (χ4v) is 2.14. The number of hydrogen-bond donors (Lipinski definition) is 3. The van der Waals surface area contributed by atoms with Gasteiger partial charge in [-0.15, -0.1) is 0 Å². The Kier molecular flexibility index (Phi) is 3.19. The number of hydrogen-bond acceptors (Lipinski definition) is 4. The van der Waals surface area contributed by atoms with Crippen molar-refractivity contribution in [3.05, 3.63) is 48.2 Å². The highest BCUT2D eigenvalue weighted by atomic mass is 16.5. The second-order valence-electron chi connectivity index (χ2n) is 4.54. The fraction of sp³-hybridized carbons (Fsp3) is 0.0667. The van der Waals surface area contributed by atoms with E-state index in [1.54, 1.807) is 31.5 Å². The summed E-state index contributed by atoms with van der Waals surface area (Å²) in [6.45, 7) is 0. The molecule has 21 heavy (non-hydrogen) atoms. The van der Waals surface area contributed by atoms with Gasteiger partial charge in [-0.1, -0.05) is 6.07 Å². The van der Waals surface area contributed by atoms with Gasteiger partial charge in [-0.25, -0.2) is 0 Å². The summed E-state index contributed by atoms with van der Waals surface area (Å²) >= 11 is 0. The zero-order valence-electron chi connectivity index (χ0n) is 11.4. The smallest absolute Gasteiger partial charge is 0.257 e. The van der Waals surface area contributed by atoms with E-state index in [0.717, 1.165) is 10.9 Å². The van der Waals surface area contributed by atoms with Crippen LogP contribution in [0.25, 0.3) is 10.9 Å². The number of nitrogens with zero attached hydrogens (tertiary/aromatic N) is 1. The number of fused-ring (bicyclic) bond motifs is 1. The lowest BCUT2D eigenvalue weighted by Gasteiger charge is -2.09. The quantitative estimate of drug-likeness (QED) is 0.643. The highest BCUT2D eigenvalue weighted by molar-refractivity contribution is 6.11. The topological polar surface area (TPSA) is 93.0 Å². The average molecular weight is 282 g/mol. The van der Waals surface area contributed by atoms with Gasteiger partial charge in [-0.2, -0.15) is 5.10 Å². The van der Waals surface area contributed by atoms with E-state index in [-0.39, 0.29) is 5.91 Å². The van der Waals surface area contributed by atoms with Gasteiger partial charge in [0.05, 0.1) is 30.1 Å². The summed E-state index contributed by atoms with van der Waals surface area (Å²) in [5, 5.41) is 10.5. The Morgan fingerprint density at radius 2 is 2.19 bits per heavy atom. The number of ether oxygens (including phenoxy) is 1. The molecule has 1 amide bonds. The van der Waals surface area contributed by atoms with Crippen molar-refractivity contribution in [1.82, 2.24) is 10.2 Å². The number of nitrogens with two attached hydrogens (primary N) is 1. The van der Waals surface area contributed by atoms with Gasteiger partial charge >= 0.3 is 0 Å². The van der Waals surface area contributed by atoms with Crippen molar-refractivity contribution in [3.8, 4) is 5.75 Å². The average Bonchev–Trinajstić information content (AvgIpc) is 2.96. The molecular formula is C15H14N4O2. The van der Waals surface area contributed by atoms with Crippen molar-refractivity contribution >= 4 is 28.2 Å². The molecule has 4 N–H and O–H groups in total. The molecule has 1 heterocycles. The fourth-order valence-electron chi connectivity index (χ4n) is 2.14. The highest BCUT2D eigenvalue weighted by Gasteiger charge is 2.12. The first-order chi connectivity index (χ1) is 10.2. The van der Waals surface area contributed by atoms with Gasteiger partial charge in [-0.05, 0) is 24.3 Å². The molecule has 106 valence electrons. The van der Waals surface area contributed by atoms with Crippen LogP contribution in [0.5, 0.6) is 5.75 Å². The lowest BCUT2D eigenvalue weighted by Crippen LogP contribution is -2.14. The van der Waals surface area contributed by atoms with Gasteiger partial charge < -0.3 is 15.8 Å². The maximum Gasteiger partial charge on any atom is 0.257 e. The van der Waals surface area contributed by atoms with Crippen molar-refractivity contribution in [2.45, 2.75) is 0 Å². The Morgan fingerprint density at radius 1 is 1.33 bits per heavy atom. The molecule has 6 heteroatoms. The van der Waals surface area contributed by atoms with Gasteiger partial charge in [0.25, 0.3) is 5.91 Å². The number of rotatable bonds is 3. The van der Waals surface area contributed by atoms with Gasteiger partial charge in [0.15, 0.2) is 0 Å². The van der Waals surface area contributed by atoms with Crippen molar-refractivity contribution in [2.24, 2.45) is 0 Å². The third-order valence-corrected chi connectivity index (χ3v) is 3.24. The minimum atomic E-state index is -0.274. The van der Waals surface area contributed by atoms with Crippen molar-refractivity contribution in [1.29, 1.82) is 0 Å². The van der Waals surface area contributed by atoms with Crippen LogP contribution in [0.2, 0.25) is 0 Å². The van der Waals surface area contributed by atoms with Crippen molar-refractivity contribution < 1.29 is 9.53 Å². The third kappa shape index (κ3) is 2.38. The number of carbonyl (C=O) groups is 1. The number of methoxy groups -OCH3 is 1. The molecule has 0 aliphatic rings. The third-order valence-electron chi connectivity index (χ3n) is 3.24. The molecule has 2 aromatic carbocycles. The van der Waals surface area contributed by atoms with Crippen LogP contribution in [0, 0.1) is 0 Å².